The molecule has 0 radical (unpaired) electrons. The summed E-state index contributed by atoms with van der Waals surface area (Å²) < 4.78 is 69.1. The third kappa shape index (κ3) is 3.40. The number of nitrogens with zero attached hydrogens (tertiary/aromatic N) is 2. The Balaban J connectivity index is 1.82. The lowest BCUT2D eigenvalue weighted by molar-refractivity contribution is -0.137. The maximum atomic E-state index is 13.7. The van der Waals surface area contributed by atoms with Gasteiger partial charge in [0.2, 0.25) is 0 Å². The molecule has 0 amide bonds. The topological polar surface area (TPSA) is 42.3 Å². The predicted molar refractivity (Wildman–Crippen MR) is 123 cm³/mol. The smallest absolute Gasteiger partial charge is 0.339 e. The zero-order valence-electron chi connectivity index (χ0n) is 18.0. The number of aromatic nitrogens is 1. The Labute approximate surface area is 189 Å². The Hall–Kier alpha value is -3.26. The highest BCUT2D eigenvalue weighted by molar-refractivity contribution is 7.90. The maximum Gasteiger partial charge on any atom is 0.416 e. The molecule has 1 aliphatic rings. The molecule has 4 nitrogen and oxygen atoms in total. The van der Waals surface area contributed by atoms with Gasteiger partial charge in [0, 0.05) is 17.6 Å². The van der Waals surface area contributed by atoms with E-state index in [1.54, 1.807) is 19.1 Å². The van der Waals surface area contributed by atoms with Crippen LogP contribution in [0.15, 0.2) is 71.6 Å². The molecule has 1 aliphatic heterocycles. The Bertz CT molecular complexity index is 1490. The van der Waals surface area contributed by atoms with Crippen molar-refractivity contribution >= 4 is 32.3 Å². The predicted octanol–water partition coefficient (Wildman–Crippen LogP) is 6.21. The van der Waals surface area contributed by atoms with Gasteiger partial charge in [-0.05, 0) is 56.2 Å². The van der Waals surface area contributed by atoms with Crippen molar-refractivity contribution in [3.8, 4) is 0 Å². The van der Waals surface area contributed by atoms with Crippen LogP contribution in [0.4, 0.5) is 24.5 Å². The van der Waals surface area contributed by atoms with Crippen LogP contribution in [0.5, 0.6) is 0 Å². The zero-order valence-corrected chi connectivity index (χ0v) is 18.8. The van der Waals surface area contributed by atoms with Crippen LogP contribution in [-0.2, 0) is 22.6 Å². The summed E-state index contributed by atoms with van der Waals surface area (Å²) in [4.78, 5) is 2.03. The highest BCUT2D eigenvalue weighted by Gasteiger charge is 2.34. The molecule has 0 atom stereocenters. The monoisotopic (exact) mass is 470 g/mol. The first-order chi connectivity index (χ1) is 15.6. The molecule has 3 aromatic carbocycles. The number of hydrogen-bond donors (Lipinski definition) is 0. The molecule has 0 saturated carbocycles. The van der Waals surface area contributed by atoms with Crippen molar-refractivity contribution in [2.75, 3.05) is 11.4 Å². The van der Waals surface area contributed by atoms with Gasteiger partial charge in [-0.15, -0.1) is 0 Å². The zero-order chi connectivity index (χ0) is 23.5. The molecule has 0 bridgehead atoms. The average molecular weight is 471 g/mol. The van der Waals surface area contributed by atoms with Crippen LogP contribution in [0.2, 0.25) is 0 Å². The molecular formula is C25H21F3N2O2S. The lowest BCUT2D eigenvalue weighted by atomic mass is 10.1. The van der Waals surface area contributed by atoms with E-state index < -0.39 is 21.8 Å². The molecule has 33 heavy (non-hydrogen) atoms. The van der Waals surface area contributed by atoms with Gasteiger partial charge in [-0.3, -0.25) is 0 Å². The van der Waals surface area contributed by atoms with E-state index in [9.17, 15) is 21.6 Å². The van der Waals surface area contributed by atoms with Crippen molar-refractivity contribution in [1.82, 2.24) is 3.97 Å². The lowest BCUT2D eigenvalue weighted by Crippen LogP contribution is -2.17. The number of fused-ring (bicyclic) bond motifs is 2. The van der Waals surface area contributed by atoms with E-state index in [0.29, 0.717) is 23.3 Å². The SMILES string of the molecule is Cc1ccc(S(=O)(=O)n2c(C)c(N3CCc4ccccc43)c3ccc(C(F)(F)F)cc32)cc1. The normalized spacial score (nSPS) is 14.2. The van der Waals surface area contributed by atoms with Crippen LogP contribution in [0.25, 0.3) is 10.9 Å². The number of benzene rings is 3. The molecule has 0 aliphatic carbocycles. The first-order valence-electron chi connectivity index (χ1n) is 10.5. The van der Waals surface area contributed by atoms with Gasteiger partial charge in [0.05, 0.1) is 27.4 Å². The molecule has 0 fully saturated rings. The van der Waals surface area contributed by atoms with Crippen molar-refractivity contribution in [3.05, 3.63) is 89.1 Å². The highest BCUT2D eigenvalue weighted by atomic mass is 32.2. The minimum Gasteiger partial charge on any atom is -0.339 e. The summed E-state index contributed by atoms with van der Waals surface area (Å²) in [6.07, 6.45) is -3.82. The second-order valence-corrected chi connectivity index (χ2v) is 10.1. The molecule has 4 aromatic rings. The van der Waals surface area contributed by atoms with Crippen LogP contribution in [-0.4, -0.2) is 18.9 Å². The largest absolute Gasteiger partial charge is 0.416 e. The number of anilines is 2. The second-order valence-electron chi connectivity index (χ2n) is 8.28. The number of para-hydroxylation sites is 1. The number of rotatable bonds is 3. The Kier molecular flexibility index (Phi) is 4.83. The Morgan fingerprint density at radius 1 is 0.909 bits per heavy atom. The van der Waals surface area contributed by atoms with Crippen LogP contribution >= 0.6 is 0 Å². The van der Waals surface area contributed by atoms with E-state index in [0.717, 1.165) is 39.3 Å². The Morgan fingerprint density at radius 3 is 2.30 bits per heavy atom. The van der Waals surface area contributed by atoms with E-state index >= 15 is 0 Å². The molecule has 5 rings (SSSR count). The molecule has 1 aromatic heterocycles. The van der Waals surface area contributed by atoms with Gasteiger partial charge in [0.15, 0.2) is 0 Å². The average Bonchev–Trinajstić information content (AvgIpc) is 3.30. The fourth-order valence-electron chi connectivity index (χ4n) is 4.58. The molecule has 0 unspecified atom stereocenters. The van der Waals surface area contributed by atoms with Crippen LogP contribution in [0.1, 0.15) is 22.4 Å². The quantitative estimate of drug-likeness (QED) is 0.358. The van der Waals surface area contributed by atoms with E-state index in [4.69, 9.17) is 0 Å². The van der Waals surface area contributed by atoms with Crippen molar-refractivity contribution in [1.29, 1.82) is 0 Å². The van der Waals surface area contributed by atoms with Gasteiger partial charge < -0.3 is 4.90 Å². The minimum absolute atomic E-state index is 0.0160. The summed E-state index contributed by atoms with van der Waals surface area (Å²) in [5.74, 6) is 0. The standard InChI is InChI=1S/C25H21F3N2O2S/c1-16-7-10-20(11-8-16)33(31,32)30-17(2)24(29-14-13-18-5-3-4-6-22(18)29)21-12-9-19(15-23(21)30)25(26,27)28/h3-12,15H,13-14H2,1-2H3. The molecule has 2 heterocycles. The van der Waals surface area contributed by atoms with Gasteiger partial charge in [-0.25, -0.2) is 12.4 Å². The lowest BCUT2D eigenvalue weighted by Gasteiger charge is -2.20. The first-order valence-corrected chi connectivity index (χ1v) is 11.9. The Morgan fingerprint density at radius 2 is 1.61 bits per heavy atom. The van der Waals surface area contributed by atoms with Crippen molar-refractivity contribution in [2.45, 2.75) is 31.3 Å². The third-order valence-electron chi connectivity index (χ3n) is 6.16. The number of aryl methyl sites for hydroxylation is 1. The van der Waals surface area contributed by atoms with E-state index in [1.807, 2.05) is 36.1 Å². The third-order valence-corrected chi connectivity index (χ3v) is 7.98. The van der Waals surface area contributed by atoms with Gasteiger partial charge in [0.1, 0.15) is 0 Å². The molecular weight excluding hydrogens is 449 g/mol. The number of halogens is 3. The van der Waals surface area contributed by atoms with E-state index in [-0.39, 0.29) is 10.4 Å². The minimum atomic E-state index is -4.59. The van der Waals surface area contributed by atoms with Crippen molar-refractivity contribution in [3.63, 3.8) is 0 Å². The van der Waals surface area contributed by atoms with Gasteiger partial charge in [-0.2, -0.15) is 13.2 Å². The maximum absolute atomic E-state index is 13.7. The van der Waals surface area contributed by atoms with Gasteiger partial charge >= 0.3 is 6.18 Å². The highest BCUT2D eigenvalue weighted by Crippen LogP contribution is 2.44. The summed E-state index contributed by atoms with van der Waals surface area (Å²) in [6.45, 7) is 4.10. The summed E-state index contributed by atoms with van der Waals surface area (Å²) in [7, 11) is -4.14. The molecule has 0 saturated heterocycles. The molecule has 8 heteroatoms. The van der Waals surface area contributed by atoms with Crippen LogP contribution in [0.3, 0.4) is 0 Å². The van der Waals surface area contributed by atoms with E-state index in [2.05, 4.69) is 0 Å². The van der Waals surface area contributed by atoms with Crippen molar-refractivity contribution in [2.24, 2.45) is 0 Å². The second kappa shape index (κ2) is 7.38. The fourth-order valence-corrected chi connectivity index (χ4v) is 6.13. The van der Waals surface area contributed by atoms with Gasteiger partial charge in [0.25, 0.3) is 10.0 Å². The number of alkyl halides is 3. The van der Waals surface area contributed by atoms with Gasteiger partial charge in [-0.1, -0.05) is 42.0 Å². The van der Waals surface area contributed by atoms with Crippen LogP contribution < -0.4 is 4.90 Å². The van der Waals surface area contributed by atoms with E-state index in [1.165, 1.54) is 18.2 Å². The number of hydrogen-bond acceptors (Lipinski definition) is 3. The molecule has 0 N–H and O–H groups in total. The van der Waals surface area contributed by atoms with Crippen molar-refractivity contribution < 1.29 is 21.6 Å². The summed E-state index contributed by atoms with van der Waals surface area (Å²) in [6, 6.07) is 17.4. The summed E-state index contributed by atoms with van der Waals surface area (Å²) in [5, 5.41) is 0.466. The molecule has 0 spiro atoms. The summed E-state index contributed by atoms with van der Waals surface area (Å²) in [5.41, 5.74) is 3.06. The fraction of sp³-hybridized carbons (Fsp3) is 0.200. The molecule has 170 valence electrons. The summed E-state index contributed by atoms with van der Waals surface area (Å²) >= 11 is 0. The van der Waals surface area contributed by atoms with Crippen LogP contribution in [0, 0.1) is 13.8 Å². The first kappa shape index (κ1) is 21.6.